The van der Waals surface area contributed by atoms with Crippen LogP contribution in [0.25, 0.3) is 0 Å². The number of fused-ring (bicyclic) bond motifs is 11. The van der Waals surface area contributed by atoms with E-state index >= 15 is 0 Å². The molecule has 5 fully saturated rings. The Morgan fingerprint density at radius 3 is 2.59 bits per heavy atom. The SMILES string of the molecule is SC12CCC(C1)C1CC3C4CCC(C4)C3C12S. The summed E-state index contributed by atoms with van der Waals surface area (Å²) in [4.78, 5) is 0. The number of hydrogen-bond acceptors (Lipinski definition) is 2. The van der Waals surface area contributed by atoms with Gasteiger partial charge in [0, 0.05) is 9.49 Å². The van der Waals surface area contributed by atoms with Crippen LogP contribution in [-0.2, 0) is 0 Å². The van der Waals surface area contributed by atoms with Gasteiger partial charge in [-0.05, 0) is 80.5 Å². The Labute approximate surface area is 115 Å². The van der Waals surface area contributed by atoms with Crippen LogP contribution in [0, 0.1) is 35.5 Å². The lowest BCUT2D eigenvalue weighted by Gasteiger charge is -2.48. The lowest BCUT2D eigenvalue weighted by atomic mass is 9.71. The van der Waals surface area contributed by atoms with E-state index in [4.69, 9.17) is 25.3 Å². The molecule has 0 aromatic carbocycles. The van der Waals surface area contributed by atoms with Gasteiger partial charge in [0.15, 0.2) is 0 Å². The van der Waals surface area contributed by atoms with Gasteiger partial charge in [0.25, 0.3) is 0 Å². The third-order valence-corrected chi connectivity index (χ3v) is 9.54. The molecule has 0 aromatic heterocycles. The summed E-state index contributed by atoms with van der Waals surface area (Å²) in [5, 5.41) is 0. The molecule has 17 heavy (non-hydrogen) atoms. The minimum absolute atomic E-state index is 0.301. The average molecular weight is 266 g/mol. The highest BCUT2D eigenvalue weighted by Gasteiger charge is 2.74. The molecule has 5 aliphatic rings. The molecular formula is C15H22S2. The number of rotatable bonds is 0. The van der Waals surface area contributed by atoms with Crippen LogP contribution in [-0.4, -0.2) is 9.49 Å². The number of hydrogen-bond donors (Lipinski definition) is 2. The molecule has 0 radical (unpaired) electrons. The molecule has 0 nitrogen and oxygen atoms in total. The van der Waals surface area contributed by atoms with Gasteiger partial charge in [0.1, 0.15) is 0 Å². The Kier molecular flexibility index (Phi) is 1.79. The average Bonchev–Trinajstić information content (AvgIpc) is 2.99. The van der Waals surface area contributed by atoms with Crippen molar-refractivity contribution in [2.75, 3.05) is 0 Å². The van der Waals surface area contributed by atoms with Crippen molar-refractivity contribution >= 4 is 25.3 Å². The molecule has 94 valence electrons. The zero-order valence-electron chi connectivity index (χ0n) is 10.3. The molecule has 0 aliphatic heterocycles. The third-order valence-electron chi connectivity index (χ3n) is 7.53. The van der Waals surface area contributed by atoms with Crippen molar-refractivity contribution in [3.05, 3.63) is 0 Å². The monoisotopic (exact) mass is 266 g/mol. The van der Waals surface area contributed by atoms with E-state index in [0.717, 1.165) is 35.5 Å². The van der Waals surface area contributed by atoms with Crippen molar-refractivity contribution in [3.63, 3.8) is 0 Å². The summed E-state index contributed by atoms with van der Waals surface area (Å²) in [6.45, 7) is 0. The highest BCUT2D eigenvalue weighted by molar-refractivity contribution is 7.86. The first kappa shape index (κ1) is 10.5. The van der Waals surface area contributed by atoms with Gasteiger partial charge in [-0.15, -0.1) is 0 Å². The van der Waals surface area contributed by atoms with E-state index in [1.165, 1.54) is 38.5 Å². The quantitative estimate of drug-likeness (QED) is 0.612. The molecule has 8 unspecified atom stereocenters. The maximum atomic E-state index is 5.36. The van der Waals surface area contributed by atoms with E-state index in [0.29, 0.717) is 9.49 Å². The van der Waals surface area contributed by atoms with Crippen LogP contribution in [0.1, 0.15) is 44.9 Å². The molecule has 5 rings (SSSR count). The largest absolute Gasteiger partial charge is 0.171 e. The molecule has 0 spiro atoms. The molecule has 2 heteroatoms. The molecular weight excluding hydrogens is 244 g/mol. The van der Waals surface area contributed by atoms with E-state index in [9.17, 15) is 0 Å². The molecule has 0 amide bonds. The fourth-order valence-electron chi connectivity index (χ4n) is 7.13. The van der Waals surface area contributed by atoms with Crippen molar-refractivity contribution in [1.82, 2.24) is 0 Å². The van der Waals surface area contributed by atoms with Crippen molar-refractivity contribution in [3.8, 4) is 0 Å². The Hall–Kier alpha value is 0.700. The minimum atomic E-state index is 0.301. The van der Waals surface area contributed by atoms with Crippen LogP contribution in [0.3, 0.4) is 0 Å². The van der Waals surface area contributed by atoms with E-state index in [1.807, 2.05) is 0 Å². The lowest BCUT2D eigenvalue weighted by Crippen LogP contribution is -2.51. The predicted octanol–water partition coefficient (Wildman–Crippen LogP) is 3.82. The van der Waals surface area contributed by atoms with Crippen molar-refractivity contribution in [1.29, 1.82) is 0 Å². The topological polar surface area (TPSA) is 0 Å². The fraction of sp³-hybridized carbons (Fsp3) is 1.00. The van der Waals surface area contributed by atoms with Crippen LogP contribution in [0.2, 0.25) is 0 Å². The summed E-state index contributed by atoms with van der Waals surface area (Å²) in [6, 6.07) is 0. The van der Waals surface area contributed by atoms with Gasteiger partial charge in [-0.3, -0.25) is 0 Å². The maximum Gasteiger partial charge on any atom is 0.0338 e. The summed E-state index contributed by atoms with van der Waals surface area (Å²) in [5.74, 6) is 6.00. The first-order valence-electron chi connectivity index (χ1n) is 7.58. The summed E-state index contributed by atoms with van der Waals surface area (Å²) >= 11 is 10.5. The molecule has 5 aliphatic carbocycles. The molecule has 0 saturated heterocycles. The van der Waals surface area contributed by atoms with Gasteiger partial charge in [-0.2, -0.15) is 25.3 Å². The van der Waals surface area contributed by atoms with Crippen molar-refractivity contribution in [2.45, 2.75) is 54.4 Å². The molecule has 0 aromatic rings. The first-order chi connectivity index (χ1) is 8.13. The Morgan fingerprint density at radius 1 is 0.882 bits per heavy atom. The first-order valence-corrected chi connectivity index (χ1v) is 8.48. The smallest absolute Gasteiger partial charge is 0.0338 e. The maximum absolute atomic E-state index is 5.36. The summed E-state index contributed by atoms with van der Waals surface area (Å²) < 4.78 is 0.624. The highest BCUT2D eigenvalue weighted by Crippen LogP contribution is 2.77. The second-order valence-electron chi connectivity index (χ2n) is 7.72. The van der Waals surface area contributed by atoms with Gasteiger partial charge in [-0.25, -0.2) is 0 Å². The molecule has 8 atom stereocenters. The van der Waals surface area contributed by atoms with E-state index in [2.05, 4.69) is 0 Å². The standard InChI is InChI=1S/C15H22S2/c16-14-4-3-10(7-14)12-6-11-8-1-2-9(5-8)13(11)15(12,14)17/h8-13,16-17H,1-7H2. The highest BCUT2D eigenvalue weighted by atomic mass is 32.1. The Morgan fingerprint density at radius 2 is 1.71 bits per heavy atom. The van der Waals surface area contributed by atoms with Crippen molar-refractivity contribution in [2.24, 2.45) is 35.5 Å². The summed E-state index contributed by atoms with van der Waals surface area (Å²) in [7, 11) is 0. The van der Waals surface area contributed by atoms with Crippen LogP contribution in [0.4, 0.5) is 0 Å². The molecule has 4 bridgehead atoms. The van der Waals surface area contributed by atoms with Gasteiger partial charge in [-0.1, -0.05) is 0 Å². The Bertz CT molecular complexity index is 394. The zero-order chi connectivity index (χ0) is 11.4. The molecule has 0 heterocycles. The molecule has 0 N–H and O–H groups in total. The van der Waals surface area contributed by atoms with Crippen LogP contribution >= 0.6 is 25.3 Å². The minimum Gasteiger partial charge on any atom is -0.171 e. The van der Waals surface area contributed by atoms with Gasteiger partial charge < -0.3 is 0 Å². The fourth-order valence-corrected chi connectivity index (χ4v) is 8.73. The zero-order valence-corrected chi connectivity index (χ0v) is 12.1. The normalized spacial score (nSPS) is 70.9. The second-order valence-corrected chi connectivity index (χ2v) is 9.32. The second kappa shape index (κ2) is 2.90. The number of thiol groups is 2. The summed E-state index contributed by atoms with van der Waals surface area (Å²) in [5.41, 5.74) is 0. The van der Waals surface area contributed by atoms with Crippen molar-refractivity contribution < 1.29 is 0 Å². The van der Waals surface area contributed by atoms with Gasteiger partial charge in [0.05, 0.1) is 0 Å². The van der Waals surface area contributed by atoms with Gasteiger partial charge in [0.2, 0.25) is 0 Å². The van der Waals surface area contributed by atoms with Gasteiger partial charge >= 0.3 is 0 Å². The van der Waals surface area contributed by atoms with Crippen LogP contribution in [0.5, 0.6) is 0 Å². The summed E-state index contributed by atoms with van der Waals surface area (Å²) in [6.07, 6.45) is 10.3. The van der Waals surface area contributed by atoms with Crippen LogP contribution in [0.15, 0.2) is 0 Å². The third kappa shape index (κ3) is 0.948. The lowest BCUT2D eigenvalue weighted by molar-refractivity contribution is 0.200. The van der Waals surface area contributed by atoms with Crippen LogP contribution < -0.4 is 0 Å². The van der Waals surface area contributed by atoms with E-state index in [-0.39, 0.29) is 0 Å². The predicted molar refractivity (Wildman–Crippen MR) is 76.7 cm³/mol. The Balaban J connectivity index is 1.65. The molecule has 5 saturated carbocycles. The van der Waals surface area contributed by atoms with E-state index in [1.54, 1.807) is 6.42 Å². The van der Waals surface area contributed by atoms with E-state index < -0.39 is 0 Å².